The number of amides is 2. The van der Waals surface area contributed by atoms with Gasteiger partial charge in [-0.3, -0.25) is 14.5 Å². The lowest BCUT2D eigenvalue weighted by atomic mass is 9.94. The monoisotopic (exact) mass is 455 g/mol. The van der Waals surface area contributed by atoms with Crippen molar-refractivity contribution < 1.29 is 9.59 Å². The molecule has 0 heterocycles. The summed E-state index contributed by atoms with van der Waals surface area (Å²) in [5.41, 5.74) is 2.23. The van der Waals surface area contributed by atoms with E-state index in [1.165, 1.54) is 32.1 Å². The van der Waals surface area contributed by atoms with Crippen LogP contribution in [0.15, 0.2) is 48.5 Å². The van der Waals surface area contributed by atoms with Gasteiger partial charge in [-0.2, -0.15) is 0 Å². The molecule has 1 saturated carbocycles. The Labute approximate surface area is 196 Å². The number of carbonyl (C=O) groups is 2. The van der Waals surface area contributed by atoms with Gasteiger partial charge in [-0.25, -0.2) is 0 Å². The van der Waals surface area contributed by atoms with Crippen LogP contribution in [-0.4, -0.2) is 35.8 Å². The van der Waals surface area contributed by atoms with Crippen molar-refractivity contribution in [2.45, 2.75) is 64.6 Å². The molecule has 172 valence electrons. The molecule has 2 N–H and O–H groups in total. The highest BCUT2D eigenvalue weighted by atomic mass is 35.5. The molecule has 32 heavy (non-hydrogen) atoms. The second kappa shape index (κ2) is 11.5. The first-order valence-electron chi connectivity index (χ1n) is 11.5. The van der Waals surface area contributed by atoms with Crippen molar-refractivity contribution in [1.29, 1.82) is 0 Å². The van der Waals surface area contributed by atoms with Gasteiger partial charge in [-0.05, 0) is 49.6 Å². The van der Waals surface area contributed by atoms with Crippen molar-refractivity contribution in [3.05, 3.63) is 64.7 Å². The summed E-state index contributed by atoms with van der Waals surface area (Å²) in [5, 5.41) is 6.28. The molecule has 2 amide bonds. The Morgan fingerprint density at radius 3 is 2.38 bits per heavy atom. The van der Waals surface area contributed by atoms with E-state index in [1.54, 1.807) is 24.3 Å². The first kappa shape index (κ1) is 24.3. The summed E-state index contributed by atoms with van der Waals surface area (Å²) in [6.45, 7) is 4.61. The Morgan fingerprint density at radius 1 is 1.03 bits per heavy atom. The summed E-state index contributed by atoms with van der Waals surface area (Å²) < 4.78 is 0. The van der Waals surface area contributed by atoms with Gasteiger partial charge < -0.3 is 10.6 Å². The minimum absolute atomic E-state index is 0.0847. The summed E-state index contributed by atoms with van der Waals surface area (Å²) in [7, 11) is 2.16. The number of hydrogen-bond acceptors (Lipinski definition) is 3. The second-order valence-corrected chi connectivity index (χ2v) is 9.44. The van der Waals surface area contributed by atoms with E-state index in [0.29, 0.717) is 16.6 Å². The van der Waals surface area contributed by atoms with Gasteiger partial charge in [0.15, 0.2) is 0 Å². The topological polar surface area (TPSA) is 61.4 Å². The van der Waals surface area contributed by atoms with Crippen LogP contribution in [0.4, 0.5) is 5.69 Å². The van der Waals surface area contributed by atoms with Crippen molar-refractivity contribution in [2.75, 3.05) is 12.4 Å². The van der Waals surface area contributed by atoms with E-state index in [0.717, 1.165) is 17.8 Å². The minimum atomic E-state index is -0.678. The molecule has 1 aliphatic carbocycles. The van der Waals surface area contributed by atoms with Gasteiger partial charge in [0, 0.05) is 18.3 Å². The standard InChI is InChI=1S/C26H34ClN3O2/c1-18(2)24(29-25(31)21-14-8-9-15-22(21)27)26(32)28-23-16-10-7-11-19(23)17-30(3)20-12-5-4-6-13-20/h7-11,14-16,18,20,24H,4-6,12-13,17H2,1-3H3,(H,28,32)(H,29,31). The van der Waals surface area contributed by atoms with Crippen molar-refractivity contribution in [2.24, 2.45) is 5.92 Å². The Bertz CT molecular complexity index is 925. The Hall–Kier alpha value is -2.37. The number of carbonyl (C=O) groups excluding carboxylic acids is 2. The maximum Gasteiger partial charge on any atom is 0.253 e. The molecular formula is C26H34ClN3O2. The molecule has 2 aromatic carbocycles. The van der Waals surface area contributed by atoms with Crippen molar-refractivity contribution in [3.8, 4) is 0 Å². The number of hydrogen-bond donors (Lipinski definition) is 2. The highest BCUT2D eigenvalue weighted by molar-refractivity contribution is 6.33. The van der Waals surface area contributed by atoms with Gasteiger partial charge in [-0.1, -0.05) is 75.0 Å². The lowest BCUT2D eigenvalue weighted by molar-refractivity contribution is -0.118. The fourth-order valence-corrected chi connectivity index (χ4v) is 4.53. The van der Waals surface area contributed by atoms with E-state index in [4.69, 9.17) is 11.6 Å². The van der Waals surface area contributed by atoms with Crippen LogP contribution >= 0.6 is 11.6 Å². The second-order valence-electron chi connectivity index (χ2n) is 9.03. The quantitative estimate of drug-likeness (QED) is 0.552. The van der Waals surface area contributed by atoms with E-state index >= 15 is 0 Å². The maximum absolute atomic E-state index is 13.2. The van der Waals surface area contributed by atoms with E-state index < -0.39 is 6.04 Å². The number of nitrogens with zero attached hydrogens (tertiary/aromatic N) is 1. The highest BCUT2D eigenvalue weighted by Gasteiger charge is 2.26. The summed E-state index contributed by atoms with van der Waals surface area (Å²) in [4.78, 5) is 28.3. The molecule has 0 saturated heterocycles. The molecule has 1 unspecified atom stereocenters. The lowest BCUT2D eigenvalue weighted by Crippen LogP contribution is -2.47. The predicted molar refractivity (Wildman–Crippen MR) is 131 cm³/mol. The average molecular weight is 456 g/mol. The Morgan fingerprint density at radius 2 is 1.69 bits per heavy atom. The molecule has 0 aliphatic heterocycles. The van der Waals surface area contributed by atoms with Crippen LogP contribution in [0.2, 0.25) is 5.02 Å². The molecule has 0 spiro atoms. The minimum Gasteiger partial charge on any atom is -0.340 e. The zero-order chi connectivity index (χ0) is 23.1. The SMILES string of the molecule is CC(C)C(NC(=O)c1ccccc1Cl)C(=O)Nc1ccccc1CN(C)C1CCCCC1. The van der Waals surface area contributed by atoms with E-state index in [1.807, 2.05) is 32.0 Å². The largest absolute Gasteiger partial charge is 0.340 e. The summed E-state index contributed by atoms with van der Waals surface area (Å²) in [5.74, 6) is -0.665. The summed E-state index contributed by atoms with van der Waals surface area (Å²) in [6, 6.07) is 14.7. The van der Waals surface area contributed by atoms with Crippen LogP contribution < -0.4 is 10.6 Å². The number of para-hydroxylation sites is 1. The van der Waals surface area contributed by atoms with Crippen LogP contribution in [-0.2, 0) is 11.3 Å². The van der Waals surface area contributed by atoms with E-state index in [-0.39, 0.29) is 17.7 Å². The zero-order valence-corrected chi connectivity index (χ0v) is 20.0. The number of nitrogens with one attached hydrogen (secondary N) is 2. The molecule has 3 rings (SSSR count). The molecule has 0 aromatic heterocycles. The van der Waals surface area contributed by atoms with E-state index in [2.05, 4.69) is 28.6 Å². The number of rotatable bonds is 8. The van der Waals surface area contributed by atoms with Crippen molar-refractivity contribution >= 4 is 29.1 Å². The summed E-state index contributed by atoms with van der Waals surface area (Å²) >= 11 is 6.16. The molecular weight excluding hydrogens is 422 g/mol. The van der Waals surface area contributed by atoms with Gasteiger partial charge in [0.2, 0.25) is 5.91 Å². The molecule has 1 atom stereocenters. The molecule has 1 aliphatic rings. The van der Waals surface area contributed by atoms with Crippen molar-refractivity contribution in [3.63, 3.8) is 0 Å². The van der Waals surface area contributed by atoms with Crippen LogP contribution in [0.25, 0.3) is 0 Å². The fourth-order valence-electron chi connectivity index (χ4n) is 4.31. The number of benzene rings is 2. The van der Waals surface area contributed by atoms with Crippen molar-refractivity contribution in [1.82, 2.24) is 10.2 Å². The van der Waals surface area contributed by atoms with Gasteiger partial charge in [0.05, 0.1) is 10.6 Å². The third-order valence-electron chi connectivity index (χ3n) is 6.25. The average Bonchev–Trinajstić information content (AvgIpc) is 2.79. The normalized spacial score (nSPS) is 15.6. The molecule has 1 fully saturated rings. The molecule has 0 bridgehead atoms. The first-order valence-corrected chi connectivity index (χ1v) is 11.9. The Balaban J connectivity index is 1.70. The maximum atomic E-state index is 13.2. The fraction of sp³-hybridized carbons (Fsp3) is 0.462. The molecule has 6 heteroatoms. The summed E-state index contributed by atoms with van der Waals surface area (Å²) in [6.07, 6.45) is 6.36. The van der Waals surface area contributed by atoms with Crippen LogP contribution in [0, 0.1) is 5.92 Å². The van der Waals surface area contributed by atoms with Crippen LogP contribution in [0.3, 0.4) is 0 Å². The third kappa shape index (κ3) is 6.33. The highest BCUT2D eigenvalue weighted by Crippen LogP contribution is 2.25. The first-order chi connectivity index (χ1) is 15.4. The Kier molecular flexibility index (Phi) is 8.71. The van der Waals surface area contributed by atoms with Gasteiger partial charge >= 0.3 is 0 Å². The van der Waals surface area contributed by atoms with Gasteiger partial charge in [-0.15, -0.1) is 0 Å². The smallest absolute Gasteiger partial charge is 0.253 e. The lowest BCUT2D eigenvalue weighted by Gasteiger charge is -2.31. The zero-order valence-electron chi connectivity index (χ0n) is 19.2. The van der Waals surface area contributed by atoms with E-state index in [9.17, 15) is 9.59 Å². The third-order valence-corrected chi connectivity index (χ3v) is 6.58. The molecule has 0 radical (unpaired) electrons. The molecule has 5 nitrogen and oxygen atoms in total. The van der Waals surface area contributed by atoms with Gasteiger partial charge in [0.25, 0.3) is 5.91 Å². The molecule has 2 aromatic rings. The van der Waals surface area contributed by atoms with Crippen LogP contribution in [0.1, 0.15) is 61.9 Å². The van der Waals surface area contributed by atoms with Gasteiger partial charge in [0.1, 0.15) is 6.04 Å². The number of anilines is 1. The van der Waals surface area contributed by atoms with Crippen LogP contribution in [0.5, 0.6) is 0 Å². The number of halogens is 1. The predicted octanol–water partition coefficient (Wildman–Crippen LogP) is 5.50.